The van der Waals surface area contributed by atoms with Gasteiger partial charge in [-0.25, -0.2) is 9.80 Å². The number of carbonyl (C=O) groups excluding carboxylic acids is 4. The molecule has 4 aromatic rings. The van der Waals surface area contributed by atoms with Crippen molar-refractivity contribution in [3.05, 3.63) is 135 Å². The third-order valence-electron chi connectivity index (χ3n) is 6.60. The van der Waals surface area contributed by atoms with Gasteiger partial charge in [0.1, 0.15) is 4.91 Å². The summed E-state index contributed by atoms with van der Waals surface area (Å²) in [5.41, 5.74) is 3.12. The fourth-order valence-corrected chi connectivity index (χ4v) is 4.71. The summed E-state index contributed by atoms with van der Waals surface area (Å²) in [7, 11) is 0. The number of anilines is 2. The molecule has 2 heterocycles. The molecule has 4 amide bonds. The van der Waals surface area contributed by atoms with E-state index < -0.39 is 23.6 Å². The second kappa shape index (κ2) is 9.91. The highest BCUT2D eigenvalue weighted by atomic mass is 17.0. The molecule has 0 N–H and O–H groups in total. The SMILES string of the molecule is O=C1c2ccccc2C(=O)N1c1cccc(CO[N+](=O)OCc2cccc(N3C(=O)c4ccccc4C3=O)c2)c1. The Labute approximate surface area is 227 Å². The van der Waals surface area contributed by atoms with Gasteiger partial charge in [0.15, 0.2) is 13.2 Å². The van der Waals surface area contributed by atoms with Crippen molar-refractivity contribution in [1.82, 2.24) is 0 Å². The predicted molar refractivity (Wildman–Crippen MR) is 141 cm³/mol. The lowest BCUT2D eigenvalue weighted by Crippen LogP contribution is -2.29. The Morgan fingerprint density at radius 3 is 1.20 bits per heavy atom. The normalized spacial score (nSPS) is 13.9. The number of carbonyl (C=O) groups is 4. The Bertz CT molecular complexity index is 1540. The maximum atomic E-state index is 12.8. The summed E-state index contributed by atoms with van der Waals surface area (Å²) in [5.74, 6) is -1.68. The number of rotatable bonds is 8. The number of hydrogen-bond donors (Lipinski definition) is 0. The molecule has 0 spiro atoms. The maximum absolute atomic E-state index is 12.8. The highest BCUT2D eigenvalue weighted by molar-refractivity contribution is 6.35. The van der Waals surface area contributed by atoms with Crippen LogP contribution in [0.1, 0.15) is 52.6 Å². The van der Waals surface area contributed by atoms with E-state index in [9.17, 15) is 24.1 Å². The van der Waals surface area contributed by atoms with Gasteiger partial charge in [0.2, 0.25) is 0 Å². The van der Waals surface area contributed by atoms with Crippen LogP contribution in [0.3, 0.4) is 0 Å². The van der Waals surface area contributed by atoms with Crippen molar-refractivity contribution in [3.8, 4) is 0 Å². The third kappa shape index (κ3) is 4.27. The summed E-state index contributed by atoms with van der Waals surface area (Å²) >= 11 is 0. The van der Waals surface area contributed by atoms with Crippen molar-refractivity contribution >= 4 is 35.0 Å². The highest BCUT2D eigenvalue weighted by Gasteiger charge is 2.37. The zero-order valence-corrected chi connectivity index (χ0v) is 20.9. The predicted octanol–water partition coefficient (Wildman–Crippen LogP) is 4.63. The fourth-order valence-electron chi connectivity index (χ4n) is 4.71. The van der Waals surface area contributed by atoms with Gasteiger partial charge in [-0.15, -0.1) is 0 Å². The lowest BCUT2D eigenvalue weighted by molar-refractivity contribution is -0.987. The summed E-state index contributed by atoms with van der Waals surface area (Å²) in [6.07, 6.45) is 0. The number of benzene rings is 4. The first-order chi connectivity index (χ1) is 19.4. The molecule has 0 saturated carbocycles. The Morgan fingerprint density at radius 2 is 0.850 bits per heavy atom. The largest absolute Gasteiger partial charge is 0.478 e. The molecule has 0 saturated heterocycles. The van der Waals surface area contributed by atoms with Gasteiger partial charge >= 0.3 is 5.09 Å². The van der Waals surface area contributed by atoms with Crippen molar-refractivity contribution in [2.24, 2.45) is 0 Å². The van der Waals surface area contributed by atoms with Crippen LogP contribution in [0, 0.1) is 4.91 Å². The summed E-state index contributed by atoms with van der Waals surface area (Å²) in [6, 6.07) is 26.3. The van der Waals surface area contributed by atoms with Gasteiger partial charge < -0.3 is 0 Å². The van der Waals surface area contributed by atoms with Crippen molar-refractivity contribution < 1.29 is 33.9 Å². The molecule has 2 aliphatic heterocycles. The van der Waals surface area contributed by atoms with Crippen LogP contribution < -0.4 is 9.80 Å². The average Bonchev–Trinajstić information content (AvgIpc) is 3.39. The Hall–Kier alpha value is -5.64. The Balaban J connectivity index is 1.07. The van der Waals surface area contributed by atoms with Gasteiger partial charge in [0.05, 0.1) is 33.6 Å². The molecule has 196 valence electrons. The zero-order valence-electron chi connectivity index (χ0n) is 20.9. The van der Waals surface area contributed by atoms with E-state index in [4.69, 9.17) is 9.68 Å². The maximum Gasteiger partial charge on any atom is 0.478 e. The van der Waals surface area contributed by atoms with Gasteiger partial charge in [-0.1, -0.05) is 48.5 Å². The van der Waals surface area contributed by atoms with E-state index in [2.05, 4.69) is 0 Å². The molecule has 0 aromatic heterocycles. The second-order valence-electron chi connectivity index (χ2n) is 9.09. The van der Waals surface area contributed by atoms with E-state index in [1.165, 1.54) is 0 Å². The van der Waals surface area contributed by atoms with Crippen LogP contribution in [-0.2, 0) is 22.9 Å². The molecule has 40 heavy (non-hydrogen) atoms. The van der Waals surface area contributed by atoms with Crippen molar-refractivity contribution in [2.45, 2.75) is 13.2 Å². The van der Waals surface area contributed by atoms with Crippen molar-refractivity contribution in [3.63, 3.8) is 0 Å². The van der Waals surface area contributed by atoms with E-state index in [1.807, 2.05) is 0 Å². The first kappa shape index (κ1) is 24.7. The van der Waals surface area contributed by atoms with Gasteiger partial charge in [-0.05, 0) is 59.7 Å². The summed E-state index contributed by atoms with van der Waals surface area (Å²) in [5, 5.41) is -0.0383. The van der Waals surface area contributed by atoms with Crippen molar-refractivity contribution in [1.29, 1.82) is 0 Å². The summed E-state index contributed by atoms with van der Waals surface area (Å²) in [6.45, 7) is -0.370. The molecule has 10 heteroatoms. The Morgan fingerprint density at radius 1 is 0.500 bits per heavy atom. The quantitative estimate of drug-likeness (QED) is 0.239. The summed E-state index contributed by atoms with van der Waals surface area (Å²) in [4.78, 5) is 75.7. The zero-order chi connectivity index (χ0) is 27.8. The average molecular weight is 535 g/mol. The van der Waals surface area contributed by atoms with Crippen LogP contribution in [0.2, 0.25) is 0 Å². The fraction of sp³-hybridized carbons (Fsp3) is 0.0667. The van der Waals surface area contributed by atoms with Crippen LogP contribution >= 0.6 is 0 Å². The van der Waals surface area contributed by atoms with Crippen molar-refractivity contribution in [2.75, 3.05) is 9.80 Å². The van der Waals surface area contributed by atoms with Gasteiger partial charge in [0.25, 0.3) is 23.6 Å². The monoisotopic (exact) mass is 534 g/mol. The number of hydrogen-bond acceptors (Lipinski definition) is 7. The lowest BCUT2D eigenvalue weighted by atomic mass is 10.1. The third-order valence-corrected chi connectivity index (χ3v) is 6.60. The highest BCUT2D eigenvalue weighted by Crippen LogP contribution is 2.30. The minimum atomic E-state index is -0.420. The lowest BCUT2D eigenvalue weighted by Gasteiger charge is -2.14. The van der Waals surface area contributed by atoms with Gasteiger partial charge in [-0.3, -0.25) is 19.2 Å². The molecule has 0 bridgehead atoms. The second-order valence-corrected chi connectivity index (χ2v) is 9.09. The van der Waals surface area contributed by atoms with Crippen LogP contribution in [0.15, 0.2) is 97.1 Å². The minimum absolute atomic E-state index is 0.0383. The first-order valence-electron chi connectivity index (χ1n) is 12.3. The minimum Gasteiger partial charge on any atom is -0.268 e. The smallest absolute Gasteiger partial charge is 0.268 e. The standard InChI is InChI=1S/C30H20N3O7/c34-27-23-11-1-2-12-24(23)28(35)31(27)21-9-5-7-19(15-21)17-39-33(38)40-18-20-8-6-10-22(16-20)32-29(36)25-13-3-4-14-26(25)30(32)37/h1-16H,17-18H2/q+1. The van der Waals surface area contributed by atoms with E-state index in [0.717, 1.165) is 9.80 Å². The first-order valence-corrected chi connectivity index (χ1v) is 12.3. The number of fused-ring (bicyclic) bond motifs is 2. The number of imide groups is 2. The van der Waals surface area contributed by atoms with E-state index in [-0.39, 0.29) is 18.3 Å². The molecule has 0 fully saturated rings. The van der Waals surface area contributed by atoms with Crippen LogP contribution in [0.4, 0.5) is 11.4 Å². The Kier molecular flexibility index (Phi) is 6.12. The van der Waals surface area contributed by atoms with Crippen LogP contribution in [0.25, 0.3) is 0 Å². The molecule has 0 atom stereocenters. The molecule has 0 radical (unpaired) electrons. The summed E-state index contributed by atoms with van der Waals surface area (Å²) < 4.78 is 0. The van der Waals surface area contributed by atoms with E-state index >= 15 is 0 Å². The van der Waals surface area contributed by atoms with Crippen LogP contribution in [0.5, 0.6) is 0 Å². The molecule has 0 unspecified atom stereocenters. The molecule has 4 aromatic carbocycles. The molecule has 0 aliphatic carbocycles. The van der Waals surface area contributed by atoms with Crippen LogP contribution in [-0.4, -0.2) is 28.7 Å². The topological polar surface area (TPSA) is 113 Å². The molecular formula is C30H20N3O7+. The molecule has 2 aliphatic rings. The number of nitrogens with zero attached hydrogens (tertiary/aromatic N) is 3. The molecule has 10 nitrogen and oxygen atoms in total. The van der Waals surface area contributed by atoms with Gasteiger partial charge in [-0.2, -0.15) is 9.68 Å². The van der Waals surface area contributed by atoms with Gasteiger partial charge in [0, 0.05) is 0 Å². The molecular weight excluding hydrogens is 514 g/mol. The molecule has 6 rings (SSSR count). The number of amides is 4. The van der Waals surface area contributed by atoms with E-state index in [1.54, 1.807) is 97.1 Å². The van der Waals surface area contributed by atoms with E-state index in [0.29, 0.717) is 44.8 Å².